The number of nitrogens with zero attached hydrogens (tertiary/aromatic N) is 1. The lowest BCUT2D eigenvalue weighted by molar-refractivity contribution is -0.274. The molecule has 1 aromatic heterocycles. The van der Waals surface area contributed by atoms with Crippen LogP contribution in [-0.4, -0.2) is 22.0 Å². The molecular formula is C12H7ClF3NO3. The van der Waals surface area contributed by atoms with Crippen molar-refractivity contribution >= 4 is 17.6 Å². The number of carboxylic acids is 1. The molecule has 20 heavy (non-hydrogen) atoms. The molecule has 0 bridgehead atoms. The number of aromatic carboxylic acids is 1. The minimum atomic E-state index is -4.88. The van der Waals surface area contributed by atoms with Crippen molar-refractivity contribution in [2.75, 3.05) is 0 Å². The summed E-state index contributed by atoms with van der Waals surface area (Å²) < 4.78 is 41.9. The molecule has 0 aliphatic rings. The Morgan fingerprint density at radius 3 is 2.55 bits per heavy atom. The van der Waals surface area contributed by atoms with E-state index in [9.17, 15) is 18.0 Å². The Morgan fingerprint density at radius 1 is 1.30 bits per heavy atom. The van der Waals surface area contributed by atoms with E-state index in [1.165, 1.54) is 24.4 Å². The van der Waals surface area contributed by atoms with E-state index in [2.05, 4.69) is 4.74 Å². The van der Waals surface area contributed by atoms with Crippen LogP contribution in [-0.2, 0) is 0 Å². The zero-order valence-electron chi connectivity index (χ0n) is 9.69. The fourth-order valence-corrected chi connectivity index (χ4v) is 1.86. The highest BCUT2D eigenvalue weighted by Gasteiger charge is 2.32. The van der Waals surface area contributed by atoms with Crippen LogP contribution < -0.4 is 4.74 Å². The number of carbonyl (C=O) groups is 1. The molecular weight excluding hydrogens is 299 g/mol. The Morgan fingerprint density at radius 2 is 1.95 bits per heavy atom. The summed E-state index contributed by atoms with van der Waals surface area (Å²) in [7, 11) is 0. The molecule has 0 amide bonds. The van der Waals surface area contributed by atoms with Crippen molar-refractivity contribution in [3.63, 3.8) is 0 Å². The molecule has 0 unspecified atom stereocenters. The molecule has 1 aromatic carbocycles. The summed E-state index contributed by atoms with van der Waals surface area (Å²) in [5.41, 5.74) is -0.345. The summed E-state index contributed by atoms with van der Waals surface area (Å²) in [5.74, 6) is -1.84. The second-order valence-electron chi connectivity index (χ2n) is 3.73. The van der Waals surface area contributed by atoms with Crippen molar-refractivity contribution < 1.29 is 27.8 Å². The molecule has 0 aliphatic heterocycles. The maximum absolute atomic E-state index is 12.3. The fourth-order valence-electron chi connectivity index (χ4n) is 1.66. The van der Waals surface area contributed by atoms with Gasteiger partial charge in [-0.2, -0.15) is 0 Å². The number of rotatable bonds is 3. The minimum absolute atomic E-state index is 0.0749. The minimum Gasteiger partial charge on any atom is -0.477 e. The number of halogens is 4. The van der Waals surface area contributed by atoms with Crippen molar-refractivity contribution in [2.24, 2.45) is 0 Å². The molecule has 1 heterocycles. The van der Waals surface area contributed by atoms with Gasteiger partial charge in [0.1, 0.15) is 5.69 Å². The van der Waals surface area contributed by atoms with Crippen molar-refractivity contribution in [1.29, 1.82) is 0 Å². The third-order valence-electron chi connectivity index (χ3n) is 2.36. The lowest BCUT2D eigenvalue weighted by atomic mass is 10.3. The summed E-state index contributed by atoms with van der Waals surface area (Å²) >= 11 is 5.70. The van der Waals surface area contributed by atoms with Gasteiger partial charge in [0.25, 0.3) is 0 Å². The zero-order chi connectivity index (χ0) is 14.9. The van der Waals surface area contributed by atoms with Crippen LogP contribution in [0, 0.1) is 0 Å². The smallest absolute Gasteiger partial charge is 0.477 e. The summed E-state index contributed by atoms with van der Waals surface area (Å²) in [6.45, 7) is 0. The van der Waals surface area contributed by atoms with Gasteiger partial charge in [0, 0.05) is 6.20 Å². The molecule has 4 nitrogen and oxygen atoms in total. The van der Waals surface area contributed by atoms with E-state index in [4.69, 9.17) is 16.7 Å². The van der Waals surface area contributed by atoms with Gasteiger partial charge in [-0.25, -0.2) is 4.79 Å². The summed E-state index contributed by atoms with van der Waals surface area (Å²) in [5, 5.41) is 9.11. The van der Waals surface area contributed by atoms with Gasteiger partial charge in [-0.3, -0.25) is 0 Å². The number of para-hydroxylation sites is 2. The third kappa shape index (κ3) is 3.05. The number of benzene rings is 1. The first-order valence-corrected chi connectivity index (χ1v) is 5.62. The quantitative estimate of drug-likeness (QED) is 0.940. The zero-order valence-corrected chi connectivity index (χ0v) is 10.4. The van der Waals surface area contributed by atoms with Crippen molar-refractivity contribution in [1.82, 2.24) is 4.57 Å². The molecule has 106 valence electrons. The van der Waals surface area contributed by atoms with Gasteiger partial charge < -0.3 is 14.4 Å². The lowest BCUT2D eigenvalue weighted by Gasteiger charge is -2.14. The Bertz CT molecular complexity index is 652. The molecule has 0 radical (unpaired) electrons. The van der Waals surface area contributed by atoms with E-state index in [0.717, 1.165) is 16.7 Å². The largest absolute Gasteiger partial charge is 0.573 e. The summed E-state index contributed by atoms with van der Waals surface area (Å²) in [4.78, 5) is 11.1. The number of ether oxygens (including phenoxy) is 1. The van der Waals surface area contributed by atoms with Gasteiger partial charge in [0.2, 0.25) is 0 Å². The molecule has 0 aliphatic carbocycles. The molecule has 2 aromatic rings. The molecule has 0 fully saturated rings. The van der Waals surface area contributed by atoms with Crippen LogP contribution in [0.5, 0.6) is 5.75 Å². The second-order valence-corrected chi connectivity index (χ2v) is 4.17. The van der Waals surface area contributed by atoms with Gasteiger partial charge in [0.05, 0.1) is 10.7 Å². The normalized spacial score (nSPS) is 11.4. The number of hydrogen-bond donors (Lipinski definition) is 1. The van der Waals surface area contributed by atoms with E-state index < -0.39 is 18.1 Å². The molecule has 0 saturated heterocycles. The molecule has 0 atom stereocenters. The number of aromatic nitrogens is 1. The van der Waals surface area contributed by atoms with E-state index >= 15 is 0 Å². The highest BCUT2D eigenvalue weighted by Crippen LogP contribution is 2.31. The fraction of sp³-hybridized carbons (Fsp3) is 0.0833. The maximum atomic E-state index is 12.3. The number of hydrogen-bond acceptors (Lipinski definition) is 2. The second kappa shape index (κ2) is 5.09. The first-order chi connectivity index (χ1) is 9.28. The van der Waals surface area contributed by atoms with Crippen LogP contribution in [0.1, 0.15) is 10.5 Å². The highest BCUT2D eigenvalue weighted by molar-refractivity contribution is 6.31. The van der Waals surface area contributed by atoms with Crippen LogP contribution in [0.4, 0.5) is 13.2 Å². The van der Waals surface area contributed by atoms with Crippen molar-refractivity contribution in [3.8, 4) is 11.4 Å². The van der Waals surface area contributed by atoms with E-state index in [0.29, 0.717) is 0 Å². The predicted octanol–water partition coefficient (Wildman–Crippen LogP) is 3.73. The molecule has 1 N–H and O–H groups in total. The van der Waals surface area contributed by atoms with Crippen LogP contribution in [0.15, 0.2) is 36.5 Å². The van der Waals surface area contributed by atoms with Gasteiger partial charge in [0.15, 0.2) is 5.75 Å². The Hall–Kier alpha value is -2.15. The monoisotopic (exact) mass is 305 g/mol. The van der Waals surface area contributed by atoms with Crippen molar-refractivity contribution in [3.05, 3.63) is 47.2 Å². The first-order valence-electron chi connectivity index (χ1n) is 5.24. The Kier molecular flexibility index (Phi) is 3.63. The highest BCUT2D eigenvalue weighted by atomic mass is 35.5. The standard InChI is InChI=1S/C12H7ClF3NO3/c13-7-5-9(11(18)19)17(6-7)8-3-1-2-4-10(8)20-12(14,15)16/h1-6H,(H,18,19). The van der Waals surface area contributed by atoms with Crippen LogP contribution in [0.25, 0.3) is 5.69 Å². The van der Waals surface area contributed by atoms with Crippen LogP contribution >= 0.6 is 11.6 Å². The van der Waals surface area contributed by atoms with E-state index in [1.54, 1.807) is 0 Å². The third-order valence-corrected chi connectivity index (χ3v) is 2.56. The predicted molar refractivity (Wildman–Crippen MR) is 64.4 cm³/mol. The maximum Gasteiger partial charge on any atom is 0.573 e. The van der Waals surface area contributed by atoms with Gasteiger partial charge in [-0.1, -0.05) is 23.7 Å². The number of carboxylic acid groups (broad SMARTS) is 1. The van der Waals surface area contributed by atoms with Crippen molar-refractivity contribution in [2.45, 2.75) is 6.36 Å². The van der Waals surface area contributed by atoms with Gasteiger partial charge in [-0.15, -0.1) is 13.2 Å². The van der Waals surface area contributed by atoms with E-state index in [1.807, 2.05) is 0 Å². The summed E-state index contributed by atoms with van der Waals surface area (Å²) in [6.07, 6.45) is -3.68. The summed E-state index contributed by atoms with van der Waals surface area (Å²) in [6, 6.07) is 6.31. The molecule has 8 heteroatoms. The van der Waals surface area contributed by atoms with E-state index in [-0.39, 0.29) is 16.4 Å². The SMILES string of the molecule is O=C(O)c1cc(Cl)cn1-c1ccccc1OC(F)(F)F. The first kappa shape index (κ1) is 14.3. The Labute approximate surface area is 116 Å². The lowest BCUT2D eigenvalue weighted by Crippen LogP contribution is -2.18. The van der Waals surface area contributed by atoms with Crippen LogP contribution in [0.3, 0.4) is 0 Å². The topological polar surface area (TPSA) is 51.5 Å². The average molecular weight is 306 g/mol. The van der Waals surface area contributed by atoms with Gasteiger partial charge >= 0.3 is 12.3 Å². The van der Waals surface area contributed by atoms with Crippen LogP contribution in [0.2, 0.25) is 5.02 Å². The Balaban J connectivity index is 2.56. The molecule has 0 saturated carbocycles. The average Bonchev–Trinajstić information content (AvgIpc) is 2.70. The van der Waals surface area contributed by atoms with Gasteiger partial charge in [-0.05, 0) is 18.2 Å². The molecule has 2 rings (SSSR count). The number of alkyl halides is 3. The molecule has 0 spiro atoms.